The van der Waals surface area contributed by atoms with Gasteiger partial charge in [0.2, 0.25) is 5.89 Å². The average molecular weight is 517 g/mol. The second-order valence-corrected chi connectivity index (χ2v) is 9.02. The first-order valence-electron chi connectivity index (χ1n) is 12.2. The molecule has 2 aromatic heterocycles. The number of nitrogens with zero attached hydrogens (tertiary/aromatic N) is 3. The van der Waals surface area contributed by atoms with Gasteiger partial charge in [-0.1, -0.05) is 41.6 Å². The summed E-state index contributed by atoms with van der Waals surface area (Å²) < 4.78 is 46.7. The van der Waals surface area contributed by atoms with Gasteiger partial charge < -0.3 is 14.6 Å². The number of aromatic nitrogens is 3. The molecule has 1 atom stereocenters. The summed E-state index contributed by atoms with van der Waals surface area (Å²) in [5.41, 5.74) is 3.08. The van der Waals surface area contributed by atoms with Gasteiger partial charge in [-0.15, -0.1) is 0 Å². The molecule has 3 aromatic rings. The molecule has 0 spiro atoms. The molecule has 0 saturated carbocycles. The Morgan fingerprint density at radius 1 is 1.05 bits per heavy atom. The molecule has 1 aromatic carbocycles. The lowest BCUT2D eigenvalue weighted by molar-refractivity contribution is -0.202. The molecule has 196 valence electrons. The van der Waals surface area contributed by atoms with Crippen LogP contribution in [0, 0.1) is 5.92 Å². The van der Waals surface area contributed by atoms with Gasteiger partial charge in [0.15, 0.2) is 5.82 Å². The summed E-state index contributed by atoms with van der Waals surface area (Å²) in [6.07, 6.45) is -0.958. The summed E-state index contributed by atoms with van der Waals surface area (Å²) in [6.45, 7) is 0.927. The van der Waals surface area contributed by atoms with Crippen LogP contribution in [0.5, 0.6) is 0 Å². The first kappa shape index (κ1) is 26.3. The molecule has 3 heterocycles. The number of benzene rings is 1. The molecule has 4 rings (SSSR count). The Morgan fingerprint density at radius 2 is 1.86 bits per heavy atom. The maximum Gasteiger partial charge on any atom is 0.491 e. The first-order valence-corrected chi connectivity index (χ1v) is 12.2. The number of anilines is 1. The monoisotopic (exact) mass is 516 g/mol. The van der Waals surface area contributed by atoms with Crippen molar-refractivity contribution in [3.05, 3.63) is 71.0 Å². The molecule has 0 radical (unpaired) electrons. The highest BCUT2D eigenvalue weighted by molar-refractivity contribution is 5.88. The summed E-state index contributed by atoms with van der Waals surface area (Å²) in [5, 5.41) is 7.32. The Morgan fingerprint density at radius 3 is 2.65 bits per heavy atom. The minimum absolute atomic E-state index is 0.148. The molecule has 37 heavy (non-hydrogen) atoms. The molecule has 0 aliphatic carbocycles. The lowest BCUT2D eigenvalue weighted by Gasteiger charge is -2.17. The highest BCUT2D eigenvalue weighted by Crippen LogP contribution is 2.22. The van der Waals surface area contributed by atoms with E-state index in [1.807, 2.05) is 36.4 Å². The molecule has 1 N–H and O–H groups in total. The molecule has 0 fully saturated rings. The summed E-state index contributed by atoms with van der Waals surface area (Å²) in [6, 6.07) is 13.3. The molecule has 1 aliphatic heterocycles. The van der Waals surface area contributed by atoms with Gasteiger partial charge in [0, 0.05) is 31.5 Å². The van der Waals surface area contributed by atoms with Crippen molar-refractivity contribution in [2.75, 3.05) is 11.9 Å². The second kappa shape index (κ2) is 12.0. The number of hydrogen-bond acceptors (Lipinski definition) is 8. The van der Waals surface area contributed by atoms with E-state index in [0.717, 1.165) is 49.3 Å². The predicted octanol–water partition coefficient (Wildman–Crippen LogP) is 4.42. The maximum absolute atomic E-state index is 12.5. The number of nitrogens with one attached hydrogen (secondary N) is 1. The van der Waals surface area contributed by atoms with Crippen LogP contribution in [-0.2, 0) is 46.4 Å². The Balaban J connectivity index is 1.33. The molecule has 1 aliphatic rings. The molecule has 1 unspecified atom stereocenters. The van der Waals surface area contributed by atoms with E-state index in [9.17, 15) is 22.8 Å². The normalized spacial score (nSPS) is 13.9. The third-order valence-corrected chi connectivity index (χ3v) is 6.02. The van der Waals surface area contributed by atoms with Gasteiger partial charge in [0.1, 0.15) is 5.82 Å². The standard InChI is InChI=1S/C26H27F3N4O4/c27-26(28,29)25(35)36-23(34)16-18(14-17-6-2-1-3-7-17)15-22-32-21(33-37-22)10-4-9-20-12-11-19-8-5-13-30-24(19)31-20/h1-3,6-7,11-12,18H,4-5,8-10,13-16H2,(H,30,31). The van der Waals surface area contributed by atoms with Crippen molar-refractivity contribution >= 4 is 17.8 Å². The van der Waals surface area contributed by atoms with Gasteiger partial charge in [-0.25, -0.2) is 9.78 Å². The van der Waals surface area contributed by atoms with Gasteiger partial charge in [0.25, 0.3) is 0 Å². The van der Waals surface area contributed by atoms with Gasteiger partial charge in [-0.3, -0.25) is 4.79 Å². The first-order chi connectivity index (χ1) is 17.8. The lowest BCUT2D eigenvalue weighted by atomic mass is 9.93. The molecular weight excluding hydrogens is 489 g/mol. The Bertz CT molecular complexity index is 1210. The number of ether oxygens (including phenoxy) is 1. The fourth-order valence-electron chi connectivity index (χ4n) is 4.26. The van der Waals surface area contributed by atoms with Crippen molar-refractivity contribution in [1.82, 2.24) is 15.1 Å². The minimum Gasteiger partial charge on any atom is -0.386 e. The Labute approximate surface area is 211 Å². The quantitative estimate of drug-likeness (QED) is 0.312. The molecule has 0 bridgehead atoms. The van der Waals surface area contributed by atoms with E-state index in [0.29, 0.717) is 18.7 Å². The highest BCUT2D eigenvalue weighted by atomic mass is 19.4. The summed E-state index contributed by atoms with van der Waals surface area (Å²) in [4.78, 5) is 32.1. The zero-order valence-corrected chi connectivity index (χ0v) is 20.1. The van der Waals surface area contributed by atoms with Crippen molar-refractivity contribution in [2.24, 2.45) is 5.92 Å². The highest BCUT2D eigenvalue weighted by Gasteiger charge is 2.42. The number of halogens is 3. The van der Waals surface area contributed by atoms with E-state index < -0.39 is 30.5 Å². The van der Waals surface area contributed by atoms with Gasteiger partial charge >= 0.3 is 18.1 Å². The third-order valence-electron chi connectivity index (χ3n) is 6.02. The Hall–Kier alpha value is -3.76. The van der Waals surface area contributed by atoms with E-state index in [1.54, 1.807) is 0 Å². The largest absolute Gasteiger partial charge is 0.491 e. The van der Waals surface area contributed by atoms with Crippen LogP contribution in [-0.4, -0.2) is 39.8 Å². The van der Waals surface area contributed by atoms with Gasteiger partial charge in [-0.2, -0.15) is 18.2 Å². The van der Waals surface area contributed by atoms with Gasteiger partial charge in [0.05, 0.1) is 0 Å². The smallest absolute Gasteiger partial charge is 0.386 e. The number of alkyl halides is 3. The van der Waals surface area contributed by atoms with Crippen LogP contribution in [0.2, 0.25) is 0 Å². The lowest BCUT2D eigenvalue weighted by Crippen LogP contribution is -2.29. The van der Waals surface area contributed by atoms with Crippen molar-refractivity contribution in [3.8, 4) is 0 Å². The number of rotatable bonds is 10. The SMILES string of the molecule is O=C(CC(Cc1ccccc1)Cc1nc(CCCc2ccc3c(n2)NCCC3)no1)OC(=O)C(F)(F)F. The summed E-state index contributed by atoms with van der Waals surface area (Å²) in [7, 11) is 0. The zero-order valence-electron chi connectivity index (χ0n) is 20.1. The number of aryl methyl sites for hydroxylation is 3. The molecule has 11 heteroatoms. The average Bonchev–Trinajstić information content (AvgIpc) is 3.31. The van der Waals surface area contributed by atoms with E-state index in [1.165, 1.54) is 5.56 Å². The van der Waals surface area contributed by atoms with Crippen LogP contribution in [0.4, 0.5) is 19.0 Å². The van der Waals surface area contributed by atoms with Crippen molar-refractivity contribution in [2.45, 2.75) is 57.5 Å². The van der Waals surface area contributed by atoms with Crippen LogP contribution in [0.1, 0.15) is 47.8 Å². The topological polar surface area (TPSA) is 107 Å². The van der Waals surface area contributed by atoms with Crippen molar-refractivity contribution in [1.29, 1.82) is 0 Å². The van der Waals surface area contributed by atoms with E-state index >= 15 is 0 Å². The van der Waals surface area contributed by atoms with E-state index in [2.05, 4.69) is 31.2 Å². The predicted molar refractivity (Wildman–Crippen MR) is 126 cm³/mol. The minimum atomic E-state index is -5.24. The zero-order chi connectivity index (χ0) is 26.3. The fraction of sp³-hybridized carbons (Fsp3) is 0.423. The molecule has 8 nitrogen and oxygen atoms in total. The number of fused-ring (bicyclic) bond motifs is 1. The molecular formula is C26H27F3N4O4. The Kier molecular flexibility index (Phi) is 8.52. The van der Waals surface area contributed by atoms with Crippen LogP contribution < -0.4 is 5.32 Å². The number of carbonyl (C=O) groups excluding carboxylic acids is 2. The summed E-state index contributed by atoms with van der Waals surface area (Å²) in [5.74, 6) is -2.57. The van der Waals surface area contributed by atoms with Crippen molar-refractivity contribution in [3.63, 3.8) is 0 Å². The number of carbonyl (C=O) groups is 2. The van der Waals surface area contributed by atoms with E-state index in [4.69, 9.17) is 4.52 Å². The van der Waals surface area contributed by atoms with E-state index in [-0.39, 0.29) is 12.3 Å². The third kappa shape index (κ3) is 7.86. The van der Waals surface area contributed by atoms with Gasteiger partial charge in [-0.05, 0) is 55.2 Å². The number of hydrogen-bond donors (Lipinski definition) is 1. The molecule has 0 saturated heterocycles. The van der Waals surface area contributed by atoms with Crippen LogP contribution in [0.3, 0.4) is 0 Å². The number of pyridine rings is 1. The summed E-state index contributed by atoms with van der Waals surface area (Å²) >= 11 is 0. The number of esters is 2. The van der Waals surface area contributed by atoms with Crippen LogP contribution in [0.25, 0.3) is 0 Å². The second-order valence-electron chi connectivity index (χ2n) is 9.02. The fourth-order valence-corrected chi connectivity index (χ4v) is 4.26. The van der Waals surface area contributed by atoms with Crippen molar-refractivity contribution < 1.29 is 32.0 Å². The maximum atomic E-state index is 12.5. The van der Waals surface area contributed by atoms with Crippen LogP contribution in [0.15, 0.2) is 47.0 Å². The van der Waals surface area contributed by atoms with Crippen LogP contribution >= 0.6 is 0 Å². The molecule has 0 amide bonds.